The number of H-pyrrole nitrogens is 1. The van der Waals surface area contributed by atoms with E-state index in [4.69, 9.17) is 27.9 Å². The molecular formula is C16H12Cl2N2O2. The second kappa shape index (κ2) is 5.99. The second-order valence-corrected chi connectivity index (χ2v) is 5.48. The van der Waals surface area contributed by atoms with E-state index in [1.807, 2.05) is 6.07 Å². The van der Waals surface area contributed by atoms with E-state index in [2.05, 4.69) is 9.97 Å². The maximum atomic E-state index is 11.8. The highest BCUT2D eigenvalue weighted by molar-refractivity contribution is 6.42. The fraction of sp³-hybridized carbons (Fsp3) is 0.125. The zero-order valence-corrected chi connectivity index (χ0v) is 13.2. The van der Waals surface area contributed by atoms with Gasteiger partial charge in [-0.2, -0.15) is 0 Å². The molecule has 3 rings (SSSR count). The summed E-state index contributed by atoms with van der Waals surface area (Å²) >= 11 is 11.9. The summed E-state index contributed by atoms with van der Waals surface area (Å²) in [5, 5.41) is 0.956. The van der Waals surface area contributed by atoms with Crippen LogP contribution < -0.4 is 0 Å². The van der Waals surface area contributed by atoms with Gasteiger partial charge in [0.25, 0.3) is 0 Å². The van der Waals surface area contributed by atoms with E-state index in [1.54, 1.807) is 37.3 Å². The third-order valence-corrected chi connectivity index (χ3v) is 3.93. The van der Waals surface area contributed by atoms with Gasteiger partial charge in [0.1, 0.15) is 5.82 Å². The zero-order chi connectivity index (χ0) is 15.7. The highest BCUT2D eigenvalue weighted by atomic mass is 35.5. The molecule has 0 bridgehead atoms. The lowest BCUT2D eigenvalue weighted by Crippen LogP contribution is -2.04. The van der Waals surface area contributed by atoms with E-state index >= 15 is 0 Å². The van der Waals surface area contributed by atoms with Gasteiger partial charge in [0.2, 0.25) is 0 Å². The Hall–Kier alpha value is -2.04. The quantitative estimate of drug-likeness (QED) is 0.705. The molecule has 0 unspecified atom stereocenters. The molecule has 1 N–H and O–H groups in total. The van der Waals surface area contributed by atoms with Crippen LogP contribution in [0, 0.1) is 0 Å². The first-order chi connectivity index (χ1) is 10.6. The van der Waals surface area contributed by atoms with Crippen molar-refractivity contribution < 1.29 is 9.53 Å². The molecule has 0 saturated heterocycles. The van der Waals surface area contributed by atoms with Crippen LogP contribution in [0.5, 0.6) is 0 Å². The minimum atomic E-state index is -0.352. The van der Waals surface area contributed by atoms with E-state index in [-0.39, 0.29) is 5.97 Å². The van der Waals surface area contributed by atoms with E-state index in [1.165, 1.54) is 0 Å². The van der Waals surface area contributed by atoms with Crippen LogP contribution in [0.1, 0.15) is 17.3 Å². The van der Waals surface area contributed by atoms with Gasteiger partial charge in [-0.3, -0.25) is 0 Å². The van der Waals surface area contributed by atoms with Crippen LogP contribution in [0.3, 0.4) is 0 Å². The molecular weight excluding hydrogens is 323 g/mol. The monoisotopic (exact) mass is 334 g/mol. The van der Waals surface area contributed by atoms with Gasteiger partial charge in [0.05, 0.1) is 33.2 Å². The maximum absolute atomic E-state index is 11.8. The van der Waals surface area contributed by atoms with Gasteiger partial charge in [0, 0.05) is 5.56 Å². The van der Waals surface area contributed by atoms with E-state index in [9.17, 15) is 4.79 Å². The lowest BCUT2D eigenvalue weighted by Gasteiger charge is -2.00. The van der Waals surface area contributed by atoms with Crippen LogP contribution in [-0.2, 0) is 4.74 Å². The van der Waals surface area contributed by atoms with Crippen LogP contribution in [-0.4, -0.2) is 22.5 Å². The molecule has 3 aromatic rings. The Labute approximate surface area is 137 Å². The summed E-state index contributed by atoms with van der Waals surface area (Å²) in [4.78, 5) is 19.4. The van der Waals surface area contributed by atoms with Gasteiger partial charge in [-0.25, -0.2) is 9.78 Å². The normalized spacial score (nSPS) is 10.9. The van der Waals surface area contributed by atoms with Crippen molar-refractivity contribution in [2.45, 2.75) is 6.92 Å². The van der Waals surface area contributed by atoms with Crippen LogP contribution in [0.2, 0.25) is 10.0 Å². The zero-order valence-electron chi connectivity index (χ0n) is 11.7. The lowest BCUT2D eigenvalue weighted by atomic mass is 10.2. The van der Waals surface area contributed by atoms with Crippen molar-refractivity contribution in [1.82, 2.24) is 9.97 Å². The number of esters is 1. The molecule has 112 valence electrons. The van der Waals surface area contributed by atoms with E-state index in [0.29, 0.717) is 28.0 Å². The molecule has 6 heteroatoms. The first kappa shape index (κ1) is 14.9. The number of imidazole rings is 1. The van der Waals surface area contributed by atoms with Crippen molar-refractivity contribution in [3.8, 4) is 11.4 Å². The number of ether oxygens (including phenoxy) is 1. The number of carbonyl (C=O) groups excluding carboxylic acids is 1. The molecule has 1 aromatic heterocycles. The molecule has 0 aliphatic carbocycles. The van der Waals surface area contributed by atoms with E-state index in [0.717, 1.165) is 16.6 Å². The largest absolute Gasteiger partial charge is 0.462 e. The van der Waals surface area contributed by atoms with Gasteiger partial charge >= 0.3 is 5.97 Å². The first-order valence-electron chi connectivity index (χ1n) is 6.71. The predicted octanol–water partition coefficient (Wildman–Crippen LogP) is 4.71. The van der Waals surface area contributed by atoms with Crippen LogP contribution in [0.4, 0.5) is 0 Å². The third-order valence-electron chi connectivity index (χ3n) is 3.19. The summed E-state index contributed by atoms with van der Waals surface area (Å²) in [7, 11) is 0. The van der Waals surface area contributed by atoms with Crippen LogP contribution >= 0.6 is 23.2 Å². The molecule has 0 fully saturated rings. The van der Waals surface area contributed by atoms with Crippen LogP contribution in [0.25, 0.3) is 22.4 Å². The van der Waals surface area contributed by atoms with Gasteiger partial charge in [-0.05, 0) is 43.3 Å². The second-order valence-electron chi connectivity index (χ2n) is 4.67. The van der Waals surface area contributed by atoms with Crippen molar-refractivity contribution >= 4 is 40.2 Å². The Morgan fingerprint density at radius 3 is 2.73 bits per heavy atom. The number of hydrogen-bond donors (Lipinski definition) is 1. The van der Waals surface area contributed by atoms with Crippen molar-refractivity contribution in [3.05, 3.63) is 52.0 Å². The summed E-state index contributed by atoms with van der Waals surface area (Å²) in [6.45, 7) is 2.11. The average Bonchev–Trinajstić information content (AvgIpc) is 2.93. The topological polar surface area (TPSA) is 55.0 Å². The van der Waals surface area contributed by atoms with Crippen molar-refractivity contribution in [2.75, 3.05) is 6.61 Å². The molecule has 0 aliphatic rings. The number of fused-ring (bicyclic) bond motifs is 1. The molecule has 2 aromatic carbocycles. The minimum absolute atomic E-state index is 0.342. The van der Waals surface area contributed by atoms with Crippen LogP contribution in [0.15, 0.2) is 36.4 Å². The molecule has 0 atom stereocenters. The number of hydrogen-bond acceptors (Lipinski definition) is 3. The summed E-state index contributed by atoms with van der Waals surface area (Å²) < 4.78 is 4.99. The third kappa shape index (κ3) is 2.80. The number of benzene rings is 2. The molecule has 0 spiro atoms. The number of carbonyl (C=O) groups is 1. The average molecular weight is 335 g/mol. The highest BCUT2D eigenvalue weighted by Crippen LogP contribution is 2.28. The molecule has 4 nitrogen and oxygen atoms in total. The lowest BCUT2D eigenvalue weighted by molar-refractivity contribution is 0.0526. The SMILES string of the molecule is CCOC(=O)c1ccc2nc(-c3ccc(Cl)c(Cl)c3)[nH]c2c1. The van der Waals surface area contributed by atoms with E-state index < -0.39 is 0 Å². The smallest absolute Gasteiger partial charge is 0.338 e. The molecule has 22 heavy (non-hydrogen) atoms. The van der Waals surface area contributed by atoms with Gasteiger partial charge in [0.15, 0.2) is 0 Å². The standard InChI is InChI=1S/C16H12Cl2N2O2/c1-2-22-16(21)10-4-6-13-14(8-10)20-15(19-13)9-3-5-11(17)12(18)7-9/h3-8H,2H2,1H3,(H,19,20). The Bertz CT molecular complexity index is 858. The van der Waals surface area contributed by atoms with Crippen molar-refractivity contribution in [3.63, 3.8) is 0 Å². The van der Waals surface area contributed by atoms with Gasteiger partial charge in [-0.1, -0.05) is 23.2 Å². The molecule has 0 radical (unpaired) electrons. The Balaban J connectivity index is 2.02. The molecule has 0 aliphatic heterocycles. The Morgan fingerprint density at radius 2 is 2.00 bits per heavy atom. The number of aromatic amines is 1. The van der Waals surface area contributed by atoms with Crippen molar-refractivity contribution in [1.29, 1.82) is 0 Å². The predicted molar refractivity (Wildman–Crippen MR) is 87.5 cm³/mol. The number of rotatable bonds is 3. The fourth-order valence-corrected chi connectivity index (χ4v) is 2.43. The number of halogens is 2. The Morgan fingerprint density at radius 1 is 1.18 bits per heavy atom. The summed E-state index contributed by atoms with van der Waals surface area (Å²) in [6.07, 6.45) is 0. The number of nitrogens with one attached hydrogen (secondary N) is 1. The highest BCUT2D eigenvalue weighted by Gasteiger charge is 2.11. The van der Waals surface area contributed by atoms with Gasteiger partial charge < -0.3 is 9.72 Å². The van der Waals surface area contributed by atoms with Crippen molar-refractivity contribution in [2.24, 2.45) is 0 Å². The van der Waals surface area contributed by atoms with Gasteiger partial charge in [-0.15, -0.1) is 0 Å². The summed E-state index contributed by atoms with van der Waals surface area (Å²) in [5.74, 6) is 0.310. The summed E-state index contributed by atoms with van der Waals surface area (Å²) in [5.41, 5.74) is 2.82. The molecule has 0 amide bonds. The number of nitrogens with zero attached hydrogens (tertiary/aromatic N) is 1. The first-order valence-corrected chi connectivity index (χ1v) is 7.46. The molecule has 1 heterocycles. The summed E-state index contributed by atoms with van der Waals surface area (Å²) in [6, 6.07) is 10.5. The minimum Gasteiger partial charge on any atom is -0.462 e. The molecule has 0 saturated carbocycles. The maximum Gasteiger partial charge on any atom is 0.338 e. The fourth-order valence-electron chi connectivity index (χ4n) is 2.13. The Kier molecular flexibility index (Phi) is 4.05. The number of aromatic nitrogens is 2.